The molecule has 0 unspecified atom stereocenters. The maximum atomic E-state index is 10.6. The number of primary amides is 1. The molecule has 0 heterocycles. The molecule has 0 bridgehead atoms. The fourth-order valence-corrected chi connectivity index (χ4v) is 1.19. The Labute approximate surface area is 88.3 Å². The molecule has 0 aromatic heterocycles. The third-order valence-electron chi connectivity index (χ3n) is 1.73. The zero-order valence-electron chi connectivity index (χ0n) is 8.41. The van der Waals surface area contributed by atoms with Gasteiger partial charge in [0.1, 0.15) is 6.29 Å². The molecule has 0 aliphatic rings. The molecule has 0 aliphatic heterocycles. The molecule has 1 aromatic rings. The fraction of sp³-hybridized carbons (Fsp3) is 0.167. The molecule has 15 heavy (non-hydrogen) atoms. The number of carbonyl (C=O) groups excluding carboxylic acids is 2. The minimum absolute atomic E-state index is 0.0321. The molecule has 3 nitrogen and oxygen atoms in total. The Morgan fingerprint density at radius 3 is 2.80 bits per heavy atom. The average Bonchev–Trinajstić information content (AvgIpc) is 2.16. The highest BCUT2D eigenvalue weighted by Crippen LogP contribution is 2.06. The van der Waals surface area contributed by atoms with E-state index in [9.17, 15) is 9.59 Å². The van der Waals surface area contributed by atoms with Gasteiger partial charge in [0, 0.05) is 11.1 Å². The number of aldehydes is 1. The smallest absolute Gasteiger partial charge is 0.229 e. The van der Waals surface area contributed by atoms with Gasteiger partial charge in [-0.05, 0) is 30.7 Å². The lowest BCUT2D eigenvalue weighted by molar-refractivity contribution is -0.117. The normalized spacial score (nSPS) is 8.87. The molecule has 3 heteroatoms. The first-order chi connectivity index (χ1) is 7.11. The van der Waals surface area contributed by atoms with Crippen LogP contribution in [0.2, 0.25) is 0 Å². The van der Waals surface area contributed by atoms with Gasteiger partial charge in [0.25, 0.3) is 0 Å². The van der Waals surface area contributed by atoms with Crippen LogP contribution in [0.15, 0.2) is 18.2 Å². The molecule has 0 radical (unpaired) electrons. The molecule has 0 saturated heterocycles. The minimum atomic E-state index is -0.453. The number of rotatable bonds is 2. The molecule has 0 atom stereocenters. The summed E-state index contributed by atoms with van der Waals surface area (Å²) < 4.78 is 0. The molecule has 1 aromatic carbocycles. The summed E-state index contributed by atoms with van der Waals surface area (Å²) in [7, 11) is 0. The summed E-state index contributed by atoms with van der Waals surface area (Å²) in [4.78, 5) is 21.0. The van der Waals surface area contributed by atoms with E-state index in [1.807, 2.05) is 13.0 Å². The van der Waals surface area contributed by atoms with Crippen LogP contribution in [0.5, 0.6) is 0 Å². The Morgan fingerprint density at radius 2 is 2.20 bits per heavy atom. The first-order valence-electron chi connectivity index (χ1n) is 4.46. The number of carbonyl (C=O) groups is 2. The SMILES string of the molecule is Cc1cc(C#CCC(N)=O)cc(C=O)c1. The van der Waals surface area contributed by atoms with E-state index in [-0.39, 0.29) is 6.42 Å². The second-order valence-corrected chi connectivity index (χ2v) is 3.20. The zero-order chi connectivity index (χ0) is 11.3. The van der Waals surface area contributed by atoms with Crippen LogP contribution < -0.4 is 5.73 Å². The zero-order valence-corrected chi connectivity index (χ0v) is 8.41. The van der Waals surface area contributed by atoms with Crippen molar-refractivity contribution in [3.05, 3.63) is 34.9 Å². The van der Waals surface area contributed by atoms with E-state index in [1.54, 1.807) is 12.1 Å². The molecule has 0 spiro atoms. The van der Waals surface area contributed by atoms with Crippen molar-refractivity contribution < 1.29 is 9.59 Å². The van der Waals surface area contributed by atoms with E-state index in [0.29, 0.717) is 5.56 Å². The van der Waals surface area contributed by atoms with Crippen LogP contribution in [0.3, 0.4) is 0 Å². The minimum Gasteiger partial charge on any atom is -0.369 e. The average molecular weight is 201 g/mol. The highest BCUT2D eigenvalue weighted by Gasteiger charge is 1.95. The van der Waals surface area contributed by atoms with Crippen molar-refractivity contribution in [2.45, 2.75) is 13.3 Å². The fourth-order valence-electron chi connectivity index (χ4n) is 1.19. The van der Waals surface area contributed by atoms with Crippen molar-refractivity contribution in [2.24, 2.45) is 5.73 Å². The summed E-state index contributed by atoms with van der Waals surface area (Å²) in [5, 5.41) is 0. The molecular weight excluding hydrogens is 190 g/mol. The van der Waals surface area contributed by atoms with Crippen molar-refractivity contribution in [3.8, 4) is 11.8 Å². The van der Waals surface area contributed by atoms with Gasteiger partial charge in [-0.1, -0.05) is 11.8 Å². The van der Waals surface area contributed by atoms with Gasteiger partial charge in [0.2, 0.25) is 5.91 Å². The third-order valence-corrected chi connectivity index (χ3v) is 1.73. The number of benzene rings is 1. The van der Waals surface area contributed by atoms with Crippen LogP contribution in [0.4, 0.5) is 0 Å². The number of hydrogen-bond donors (Lipinski definition) is 1. The largest absolute Gasteiger partial charge is 0.369 e. The summed E-state index contributed by atoms with van der Waals surface area (Å²) in [5.41, 5.74) is 7.21. The number of nitrogens with two attached hydrogens (primary N) is 1. The highest BCUT2D eigenvalue weighted by atomic mass is 16.1. The molecule has 76 valence electrons. The molecule has 0 saturated carbocycles. The molecule has 1 amide bonds. The van der Waals surface area contributed by atoms with E-state index in [4.69, 9.17) is 5.73 Å². The van der Waals surface area contributed by atoms with E-state index >= 15 is 0 Å². The lowest BCUT2D eigenvalue weighted by Gasteiger charge is -1.96. The van der Waals surface area contributed by atoms with Gasteiger partial charge in [-0.2, -0.15) is 0 Å². The summed E-state index contributed by atoms with van der Waals surface area (Å²) in [6.45, 7) is 1.88. The molecule has 1 rings (SSSR count). The van der Waals surface area contributed by atoms with Crippen molar-refractivity contribution in [1.29, 1.82) is 0 Å². The van der Waals surface area contributed by atoms with Crippen LogP contribution in [-0.2, 0) is 4.79 Å². The Morgan fingerprint density at radius 1 is 1.47 bits per heavy atom. The van der Waals surface area contributed by atoms with Gasteiger partial charge in [-0.15, -0.1) is 0 Å². The van der Waals surface area contributed by atoms with Gasteiger partial charge >= 0.3 is 0 Å². The Kier molecular flexibility index (Phi) is 3.64. The number of hydrogen-bond acceptors (Lipinski definition) is 2. The van der Waals surface area contributed by atoms with Crippen LogP contribution >= 0.6 is 0 Å². The second kappa shape index (κ2) is 4.97. The second-order valence-electron chi connectivity index (χ2n) is 3.20. The van der Waals surface area contributed by atoms with Gasteiger partial charge in [-0.25, -0.2) is 0 Å². The maximum Gasteiger partial charge on any atom is 0.229 e. The predicted molar refractivity (Wildman–Crippen MR) is 57.3 cm³/mol. The quantitative estimate of drug-likeness (QED) is 0.574. The standard InChI is InChI=1S/C12H11NO2/c1-9-5-10(3-2-4-12(13)15)7-11(6-9)8-14/h5-8H,4H2,1H3,(H2,13,15). The van der Waals surface area contributed by atoms with Crippen LogP contribution in [0.25, 0.3) is 0 Å². The van der Waals surface area contributed by atoms with Crippen LogP contribution in [0.1, 0.15) is 27.9 Å². The maximum absolute atomic E-state index is 10.6. The summed E-state index contributed by atoms with van der Waals surface area (Å²) in [6, 6.07) is 5.29. The number of amides is 1. The Bertz CT molecular complexity index is 452. The van der Waals surface area contributed by atoms with E-state index in [1.165, 1.54) is 0 Å². The lowest BCUT2D eigenvalue weighted by atomic mass is 10.1. The van der Waals surface area contributed by atoms with Gasteiger partial charge in [-0.3, -0.25) is 9.59 Å². The molecule has 0 aliphatic carbocycles. The van der Waals surface area contributed by atoms with Crippen LogP contribution in [0, 0.1) is 18.8 Å². The van der Waals surface area contributed by atoms with E-state index in [0.717, 1.165) is 17.4 Å². The molecule has 0 fully saturated rings. The van der Waals surface area contributed by atoms with Gasteiger partial charge < -0.3 is 5.73 Å². The van der Waals surface area contributed by atoms with Crippen molar-refractivity contribution >= 4 is 12.2 Å². The van der Waals surface area contributed by atoms with Crippen molar-refractivity contribution in [3.63, 3.8) is 0 Å². The molecular formula is C12H11NO2. The first-order valence-corrected chi connectivity index (χ1v) is 4.46. The van der Waals surface area contributed by atoms with Crippen LogP contribution in [-0.4, -0.2) is 12.2 Å². The van der Waals surface area contributed by atoms with E-state index < -0.39 is 5.91 Å². The Balaban J connectivity index is 2.92. The van der Waals surface area contributed by atoms with Gasteiger partial charge in [0.05, 0.1) is 6.42 Å². The monoisotopic (exact) mass is 201 g/mol. The summed E-state index contributed by atoms with van der Waals surface area (Å²) >= 11 is 0. The lowest BCUT2D eigenvalue weighted by Crippen LogP contribution is -2.08. The van der Waals surface area contributed by atoms with Crippen molar-refractivity contribution in [2.75, 3.05) is 0 Å². The Hall–Kier alpha value is -2.08. The van der Waals surface area contributed by atoms with Gasteiger partial charge in [0.15, 0.2) is 0 Å². The first kappa shape index (κ1) is 11.0. The summed E-state index contributed by atoms with van der Waals surface area (Å²) in [6.07, 6.45) is 0.802. The third kappa shape index (κ3) is 3.65. The highest BCUT2D eigenvalue weighted by molar-refractivity contribution is 5.77. The topological polar surface area (TPSA) is 60.2 Å². The predicted octanol–water partition coefficient (Wildman–Crippen LogP) is 1.03. The summed E-state index contributed by atoms with van der Waals surface area (Å²) in [5.74, 6) is 4.97. The van der Waals surface area contributed by atoms with Crippen molar-refractivity contribution in [1.82, 2.24) is 0 Å². The molecule has 2 N–H and O–H groups in total. The number of aryl methyl sites for hydroxylation is 1. The van der Waals surface area contributed by atoms with E-state index in [2.05, 4.69) is 11.8 Å².